The van der Waals surface area contributed by atoms with E-state index in [4.69, 9.17) is 4.74 Å². The topological polar surface area (TPSA) is 63.2 Å². The van der Waals surface area contributed by atoms with Crippen LogP contribution in [-0.2, 0) is 11.2 Å². The van der Waals surface area contributed by atoms with E-state index >= 15 is 0 Å². The van der Waals surface area contributed by atoms with Gasteiger partial charge in [0.15, 0.2) is 0 Å². The number of aryl methyl sites for hydroxylation is 1. The number of amides is 1. The largest absolute Gasteiger partial charge is 0.444 e. The fraction of sp³-hybridized carbons (Fsp3) is 0.647. The van der Waals surface area contributed by atoms with Crippen LogP contribution in [0.5, 0.6) is 0 Å². The maximum absolute atomic E-state index is 11.9. The Morgan fingerprint density at radius 1 is 1.36 bits per heavy atom. The minimum atomic E-state index is -0.484. The van der Waals surface area contributed by atoms with Crippen molar-refractivity contribution in [3.05, 3.63) is 29.6 Å². The lowest BCUT2D eigenvalue weighted by Crippen LogP contribution is -2.52. The van der Waals surface area contributed by atoms with Crippen LogP contribution in [0, 0.1) is 0 Å². The summed E-state index contributed by atoms with van der Waals surface area (Å²) in [5.74, 6) is 0. The Balaban J connectivity index is 1.87. The molecule has 22 heavy (non-hydrogen) atoms. The molecule has 0 fully saturated rings. The van der Waals surface area contributed by atoms with E-state index in [-0.39, 0.29) is 17.7 Å². The molecule has 0 radical (unpaired) electrons. The number of carbonyl (C=O) groups excluding carboxylic acids is 1. The molecule has 0 aromatic carbocycles. The van der Waals surface area contributed by atoms with Gasteiger partial charge in [0.1, 0.15) is 5.60 Å². The Hall–Kier alpha value is -1.62. The molecule has 0 saturated heterocycles. The molecule has 0 bridgehead atoms. The lowest BCUT2D eigenvalue weighted by Gasteiger charge is -2.30. The van der Waals surface area contributed by atoms with Crippen molar-refractivity contribution in [3.8, 4) is 0 Å². The van der Waals surface area contributed by atoms with Crippen LogP contribution in [0.3, 0.4) is 0 Å². The summed E-state index contributed by atoms with van der Waals surface area (Å²) in [6.07, 6.45) is 3.56. The van der Waals surface area contributed by atoms with Crippen LogP contribution in [0.2, 0.25) is 0 Å². The summed E-state index contributed by atoms with van der Waals surface area (Å²) in [5, 5.41) is 6.43. The average molecular weight is 305 g/mol. The molecule has 2 N–H and O–H groups in total. The van der Waals surface area contributed by atoms with E-state index in [9.17, 15) is 4.79 Å². The predicted molar refractivity (Wildman–Crippen MR) is 86.8 cm³/mol. The fourth-order valence-electron chi connectivity index (χ4n) is 2.61. The van der Waals surface area contributed by atoms with E-state index in [2.05, 4.69) is 21.7 Å². The highest BCUT2D eigenvalue weighted by molar-refractivity contribution is 5.68. The summed E-state index contributed by atoms with van der Waals surface area (Å²) < 4.78 is 5.31. The fourth-order valence-corrected chi connectivity index (χ4v) is 2.61. The molecule has 1 aliphatic carbocycles. The van der Waals surface area contributed by atoms with Crippen LogP contribution in [0.4, 0.5) is 4.79 Å². The van der Waals surface area contributed by atoms with Gasteiger partial charge in [0.25, 0.3) is 0 Å². The molecule has 5 nitrogen and oxygen atoms in total. The number of nitrogens with zero attached hydrogens (tertiary/aromatic N) is 1. The Kier molecular flexibility index (Phi) is 4.75. The Labute approximate surface area is 132 Å². The van der Waals surface area contributed by atoms with Gasteiger partial charge < -0.3 is 15.4 Å². The molecule has 1 heterocycles. The third-order valence-electron chi connectivity index (χ3n) is 3.59. The van der Waals surface area contributed by atoms with Crippen molar-refractivity contribution in [3.63, 3.8) is 0 Å². The van der Waals surface area contributed by atoms with Gasteiger partial charge in [-0.3, -0.25) is 4.98 Å². The number of fused-ring (bicyclic) bond motifs is 1. The van der Waals surface area contributed by atoms with Crippen molar-refractivity contribution >= 4 is 6.09 Å². The Morgan fingerprint density at radius 2 is 2.09 bits per heavy atom. The number of hydrogen-bond donors (Lipinski definition) is 2. The zero-order chi connectivity index (χ0) is 16.4. The molecule has 5 heteroatoms. The van der Waals surface area contributed by atoms with E-state index in [0.29, 0.717) is 6.54 Å². The summed E-state index contributed by atoms with van der Waals surface area (Å²) in [6.45, 7) is 10.2. The molecule has 0 aliphatic heterocycles. The van der Waals surface area contributed by atoms with Gasteiger partial charge in [0.2, 0.25) is 0 Å². The molecule has 2 rings (SSSR count). The van der Waals surface area contributed by atoms with Gasteiger partial charge >= 0.3 is 6.09 Å². The smallest absolute Gasteiger partial charge is 0.408 e. The number of ether oxygens (including phenoxy) is 1. The van der Waals surface area contributed by atoms with Crippen LogP contribution in [0.25, 0.3) is 0 Å². The molecule has 1 aromatic rings. The van der Waals surface area contributed by atoms with Crippen molar-refractivity contribution in [1.29, 1.82) is 0 Å². The van der Waals surface area contributed by atoms with Crippen LogP contribution < -0.4 is 10.6 Å². The van der Waals surface area contributed by atoms with E-state index in [1.54, 1.807) is 0 Å². The summed E-state index contributed by atoms with van der Waals surface area (Å²) in [7, 11) is 0. The highest BCUT2D eigenvalue weighted by Gasteiger charge is 2.28. The van der Waals surface area contributed by atoms with Gasteiger partial charge in [-0.25, -0.2) is 4.79 Å². The van der Waals surface area contributed by atoms with Crippen molar-refractivity contribution in [1.82, 2.24) is 15.6 Å². The van der Waals surface area contributed by atoms with E-state index in [0.717, 1.165) is 18.5 Å². The van der Waals surface area contributed by atoms with E-state index in [1.165, 1.54) is 5.56 Å². The zero-order valence-electron chi connectivity index (χ0n) is 14.2. The van der Waals surface area contributed by atoms with Crippen LogP contribution >= 0.6 is 0 Å². The zero-order valence-corrected chi connectivity index (χ0v) is 14.2. The number of carbonyl (C=O) groups is 1. The lowest BCUT2D eigenvalue weighted by atomic mass is 10.1. The summed E-state index contributed by atoms with van der Waals surface area (Å²) in [5.41, 5.74) is 1.58. The quantitative estimate of drug-likeness (QED) is 0.897. The van der Waals surface area contributed by atoms with Crippen LogP contribution in [0.15, 0.2) is 18.3 Å². The second-order valence-electron chi connectivity index (χ2n) is 7.53. The standard InChI is InChI=1S/C17H27N3O2/c1-16(2,3)22-15(21)20-17(4,5)11-19-13-9-8-12-7-6-10-18-14(12)13/h6-7,10,13,19H,8-9,11H2,1-5H3,(H,20,21). The first-order chi connectivity index (χ1) is 10.2. The van der Waals surface area contributed by atoms with E-state index in [1.807, 2.05) is 46.9 Å². The Morgan fingerprint density at radius 3 is 2.77 bits per heavy atom. The first-order valence-corrected chi connectivity index (χ1v) is 7.85. The number of aromatic nitrogens is 1. The van der Waals surface area contributed by atoms with E-state index < -0.39 is 5.60 Å². The minimum absolute atomic E-state index is 0.260. The lowest BCUT2D eigenvalue weighted by molar-refractivity contribution is 0.0470. The molecule has 0 saturated carbocycles. The van der Waals surface area contributed by atoms with Crippen LogP contribution in [-0.4, -0.2) is 28.8 Å². The average Bonchev–Trinajstić information content (AvgIpc) is 2.76. The molecule has 0 spiro atoms. The maximum atomic E-state index is 11.9. The number of nitrogens with one attached hydrogen (secondary N) is 2. The molecule has 1 aromatic heterocycles. The molecule has 1 amide bonds. The van der Waals surface area contributed by atoms with Gasteiger partial charge in [-0.1, -0.05) is 6.07 Å². The third-order valence-corrected chi connectivity index (χ3v) is 3.59. The van der Waals surface area contributed by atoms with Crippen LogP contribution in [0.1, 0.15) is 58.3 Å². The highest BCUT2D eigenvalue weighted by atomic mass is 16.6. The number of hydrogen-bond acceptors (Lipinski definition) is 4. The molecular weight excluding hydrogens is 278 g/mol. The monoisotopic (exact) mass is 305 g/mol. The predicted octanol–water partition coefficient (Wildman–Crippen LogP) is 2.96. The first-order valence-electron chi connectivity index (χ1n) is 7.85. The number of rotatable bonds is 4. The number of alkyl carbamates (subject to hydrolysis) is 1. The minimum Gasteiger partial charge on any atom is -0.444 e. The second kappa shape index (κ2) is 6.24. The molecule has 1 unspecified atom stereocenters. The molecule has 1 aliphatic rings. The Bertz CT molecular complexity index is 535. The van der Waals surface area contributed by atoms with Gasteiger partial charge in [0, 0.05) is 12.7 Å². The summed E-state index contributed by atoms with van der Waals surface area (Å²) in [6, 6.07) is 4.37. The number of pyridine rings is 1. The highest BCUT2D eigenvalue weighted by Crippen LogP contribution is 2.28. The van der Waals surface area contributed by atoms with Gasteiger partial charge in [-0.15, -0.1) is 0 Å². The second-order valence-corrected chi connectivity index (χ2v) is 7.53. The van der Waals surface area contributed by atoms with Crippen molar-refractivity contribution in [2.45, 2.75) is 64.6 Å². The van der Waals surface area contributed by atoms with Crippen molar-refractivity contribution < 1.29 is 9.53 Å². The third kappa shape index (κ3) is 4.70. The van der Waals surface area contributed by atoms with Gasteiger partial charge in [0.05, 0.1) is 17.3 Å². The molecule has 122 valence electrons. The maximum Gasteiger partial charge on any atom is 0.408 e. The molecule has 1 atom stereocenters. The first kappa shape index (κ1) is 16.7. The SMILES string of the molecule is CC(C)(CNC1CCc2cccnc21)NC(=O)OC(C)(C)C. The normalized spacial score (nSPS) is 18.0. The summed E-state index contributed by atoms with van der Waals surface area (Å²) in [4.78, 5) is 16.4. The van der Waals surface area contributed by atoms with Gasteiger partial charge in [-0.2, -0.15) is 0 Å². The summed E-state index contributed by atoms with van der Waals surface area (Å²) >= 11 is 0. The van der Waals surface area contributed by atoms with Crippen molar-refractivity contribution in [2.24, 2.45) is 0 Å². The molecular formula is C17H27N3O2. The van der Waals surface area contributed by atoms with Crippen molar-refractivity contribution in [2.75, 3.05) is 6.54 Å². The van der Waals surface area contributed by atoms with Gasteiger partial charge in [-0.05, 0) is 59.1 Å².